The van der Waals surface area contributed by atoms with Crippen molar-refractivity contribution in [3.05, 3.63) is 28.0 Å². The van der Waals surface area contributed by atoms with Crippen molar-refractivity contribution in [3.8, 4) is 5.88 Å². The lowest BCUT2D eigenvalue weighted by Gasteiger charge is -2.08. The summed E-state index contributed by atoms with van der Waals surface area (Å²) in [4.78, 5) is 14.3. The Morgan fingerprint density at radius 3 is 2.95 bits per heavy atom. The van der Waals surface area contributed by atoms with Gasteiger partial charge in [0.1, 0.15) is 11.6 Å². The molecule has 0 aliphatic heterocycles. The molecule has 1 saturated carbocycles. The van der Waals surface area contributed by atoms with Gasteiger partial charge < -0.3 is 10.2 Å². The minimum absolute atomic E-state index is 0.467. The highest BCUT2D eigenvalue weighted by atomic mass is 32.1. The van der Waals surface area contributed by atoms with Gasteiger partial charge in [0, 0.05) is 23.3 Å². The highest BCUT2D eigenvalue weighted by Crippen LogP contribution is 2.39. The molecule has 1 fully saturated rings. The van der Waals surface area contributed by atoms with Crippen LogP contribution in [0.15, 0.2) is 11.6 Å². The predicted octanol–water partition coefficient (Wildman–Crippen LogP) is 2.03. The SMILES string of the molecule is Cc1ncsc1CCOc1cc(NN)nc(C2CC2)n1. The normalized spacial score (nSPS) is 14.3. The monoisotopic (exact) mass is 291 g/mol. The summed E-state index contributed by atoms with van der Waals surface area (Å²) in [6.45, 7) is 2.59. The lowest BCUT2D eigenvalue weighted by Crippen LogP contribution is -2.11. The maximum atomic E-state index is 5.73. The summed E-state index contributed by atoms with van der Waals surface area (Å²) in [6.07, 6.45) is 3.13. The average Bonchev–Trinajstić information content (AvgIpc) is 3.23. The van der Waals surface area contributed by atoms with E-state index in [-0.39, 0.29) is 0 Å². The van der Waals surface area contributed by atoms with Gasteiger partial charge in [-0.25, -0.2) is 15.8 Å². The van der Waals surface area contributed by atoms with Gasteiger partial charge in [-0.1, -0.05) is 0 Å². The first kappa shape index (κ1) is 13.3. The van der Waals surface area contributed by atoms with Gasteiger partial charge in [-0.3, -0.25) is 0 Å². The number of hydrazine groups is 1. The van der Waals surface area contributed by atoms with Crippen LogP contribution in [0.2, 0.25) is 0 Å². The van der Waals surface area contributed by atoms with Gasteiger partial charge in [0.15, 0.2) is 0 Å². The molecule has 0 bridgehead atoms. The maximum absolute atomic E-state index is 5.73. The Hall–Kier alpha value is -1.73. The maximum Gasteiger partial charge on any atom is 0.218 e. The van der Waals surface area contributed by atoms with E-state index in [0.29, 0.717) is 24.2 Å². The topological polar surface area (TPSA) is 86.0 Å². The zero-order valence-corrected chi connectivity index (χ0v) is 12.1. The molecule has 106 valence electrons. The molecule has 0 atom stereocenters. The van der Waals surface area contributed by atoms with E-state index in [1.807, 2.05) is 12.4 Å². The molecule has 3 rings (SSSR count). The molecule has 20 heavy (non-hydrogen) atoms. The van der Waals surface area contributed by atoms with Crippen molar-refractivity contribution in [2.24, 2.45) is 5.84 Å². The fourth-order valence-electron chi connectivity index (χ4n) is 1.93. The van der Waals surface area contributed by atoms with E-state index < -0.39 is 0 Å². The molecule has 0 spiro atoms. The number of aryl methyl sites for hydroxylation is 1. The Morgan fingerprint density at radius 2 is 2.30 bits per heavy atom. The van der Waals surface area contributed by atoms with Gasteiger partial charge >= 0.3 is 0 Å². The molecule has 0 radical (unpaired) electrons. The molecule has 2 heterocycles. The van der Waals surface area contributed by atoms with Gasteiger partial charge in [0.05, 0.1) is 17.8 Å². The molecule has 1 aliphatic rings. The Bertz CT molecular complexity index is 596. The summed E-state index contributed by atoms with van der Waals surface area (Å²) in [6, 6.07) is 1.73. The fourth-order valence-corrected chi connectivity index (χ4v) is 2.69. The zero-order valence-electron chi connectivity index (χ0n) is 11.3. The van der Waals surface area contributed by atoms with Gasteiger partial charge in [0.2, 0.25) is 5.88 Å². The number of aromatic nitrogens is 3. The van der Waals surface area contributed by atoms with Crippen LogP contribution in [0.5, 0.6) is 5.88 Å². The van der Waals surface area contributed by atoms with Crippen molar-refractivity contribution in [3.63, 3.8) is 0 Å². The van der Waals surface area contributed by atoms with E-state index in [2.05, 4.69) is 20.4 Å². The second kappa shape index (κ2) is 5.72. The molecule has 7 heteroatoms. The standard InChI is InChI=1S/C13H17N5OS/c1-8-10(20-7-15-8)4-5-19-12-6-11(18-14)16-13(17-12)9-2-3-9/h6-7,9H,2-5,14H2,1H3,(H,16,17,18). The smallest absolute Gasteiger partial charge is 0.218 e. The molecule has 0 amide bonds. The Kier molecular flexibility index (Phi) is 3.79. The lowest BCUT2D eigenvalue weighted by molar-refractivity contribution is 0.308. The van der Waals surface area contributed by atoms with Crippen LogP contribution in [0.3, 0.4) is 0 Å². The van der Waals surface area contributed by atoms with Gasteiger partial charge in [-0.15, -0.1) is 11.3 Å². The second-order valence-corrected chi connectivity index (χ2v) is 5.77. The van der Waals surface area contributed by atoms with E-state index in [4.69, 9.17) is 10.6 Å². The molecule has 3 N–H and O–H groups in total. The van der Waals surface area contributed by atoms with E-state index in [1.54, 1.807) is 17.4 Å². The number of ether oxygens (including phenoxy) is 1. The van der Waals surface area contributed by atoms with Crippen molar-refractivity contribution in [2.75, 3.05) is 12.0 Å². The predicted molar refractivity (Wildman–Crippen MR) is 77.9 cm³/mol. The Morgan fingerprint density at radius 1 is 1.45 bits per heavy atom. The number of thiazole rings is 1. The molecule has 6 nitrogen and oxygen atoms in total. The van der Waals surface area contributed by atoms with E-state index in [0.717, 1.165) is 30.8 Å². The highest BCUT2D eigenvalue weighted by Gasteiger charge is 2.27. The summed E-state index contributed by atoms with van der Waals surface area (Å²) in [5.74, 6) is 7.91. The van der Waals surface area contributed by atoms with E-state index in [9.17, 15) is 0 Å². The number of hydrogen-bond acceptors (Lipinski definition) is 7. The molecule has 2 aromatic rings. The minimum Gasteiger partial charge on any atom is -0.477 e. The van der Waals surface area contributed by atoms with Crippen LogP contribution in [0.4, 0.5) is 5.82 Å². The number of nitrogens with zero attached hydrogens (tertiary/aromatic N) is 3. The second-order valence-electron chi connectivity index (χ2n) is 4.83. The summed E-state index contributed by atoms with van der Waals surface area (Å²) in [5, 5.41) is 0. The van der Waals surface area contributed by atoms with Crippen molar-refractivity contribution in [2.45, 2.75) is 32.1 Å². The average molecular weight is 291 g/mol. The van der Waals surface area contributed by atoms with Crippen LogP contribution in [0.1, 0.15) is 35.2 Å². The number of rotatable bonds is 6. The van der Waals surface area contributed by atoms with E-state index >= 15 is 0 Å². The van der Waals surface area contributed by atoms with Crippen LogP contribution in [-0.2, 0) is 6.42 Å². The third-order valence-corrected chi connectivity index (χ3v) is 4.23. The fraction of sp³-hybridized carbons (Fsp3) is 0.462. The Balaban J connectivity index is 1.64. The summed E-state index contributed by atoms with van der Waals surface area (Å²) in [5.41, 5.74) is 5.50. The third kappa shape index (κ3) is 3.05. The number of nitrogens with two attached hydrogens (primary N) is 1. The number of nitrogens with one attached hydrogen (secondary N) is 1. The molecular weight excluding hydrogens is 274 g/mol. The Labute approximate surface area is 121 Å². The first-order valence-corrected chi connectivity index (χ1v) is 7.51. The van der Waals surface area contributed by atoms with Crippen LogP contribution >= 0.6 is 11.3 Å². The molecular formula is C13H17N5OS. The van der Waals surface area contributed by atoms with Gasteiger partial charge in [-0.05, 0) is 19.8 Å². The van der Waals surface area contributed by atoms with Gasteiger partial charge in [0.25, 0.3) is 0 Å². The number of nitrogen functional groups attached to an aromatic ring is 1. The number of hydrogen-bond donors (Lipinski definition) is 2. The lowest BCUT2D eigenvalue weighted by atomic mass is 10.3. The highest BCUT2D eigenvalue weighted by molar-refractivity contribution is 7.09. The number of anilines is 1. The van der Waals surface area contributed by atoms with Crippen molar-refractivity contribution in [1.29, 1.82) is 0 Å². The largest absolute Gasteiger partial charge is 0.477 e. The van der Waals surface area contributed by atoms with Crippen LogP contribution in [0, 0.1) is 6.92 Å². The summed E-state index contributed by atoms with van der Waals surface area (Å²) >= 11 is 1.65. The van der Waals surface area contributed by atoms with Crippen LogP contribution in [0.25, 0.3) is 0 Å². The van der Waals surface area contributed by atoms with Crippen LogP contribution in [-0.4, -0.2) is 21.6 Å². The molecule has 1 aliphatic carbocycles. The third-order valence-electron chi connectivity index (χ3n) is 3.23. The van der Waals surface area contributed by atoms with E-state index in [1.165, 1.54) is 4.88 Å². The first-order chi connectivity index (χ1) is 9.76. The summed E-state index contributed by atoms with van der Waals surface area (Å²) in [7, 11) is 0. The first-order valence-electron chi connectivity index (χ1n) is 6.63. The summed E-state index contributed by atoms with van der Waals surface area (Å²) < 4.78 is 5.73. The van der Waals surface area contributed by atoms with Gasteiger partial charge in [-0.2, -0.15) is 4.98 Å². The van der Waals surface area contributed by atoms with Crippen LogP contribution < -0.4 is 16.0 Å². The van der Waals surface area contributed by atoms with Crippen molar-refractivity contribution >= 4 is 17.2 Å². The molecule has 0 aromatic carbocycles. The quantitative estimate of drug-likeness (QED) is 0.625. The van der Waals surface area contributed by atoms with Crippen molar-refractivity contribution < 1.29 is 4.74 Å². The zero-order chi connectivity index (χ0) is 13.9. The molecule has 2 aromatic heterocycles. The molecule has 0 unspecified atom stereocenters. The van der Waals surface area contributed by atoms with Crippen molar-refractivity contribution in [1.82, 2.24) is 15.0 Å². The minimum atomic E-state index is 0.467. The molecule has 0 saturated heterocycles.